The molecule has 1 N–H and O–H groups in total. The molecule has 1 atom stereocenters. The topological polar surface area (TPSA) is 126 Å². The van der Waals surface area contributed by atoms with Crippen molar-refractivity contribution in [2.45, 2.75) is 13.0 Å². The summed E-state index contributed by atoms with van der Waals surface area (Å²) in [6.45, 7) is 1.87. The smallest absolute Gasteiger partial charge is 0.204 e. The molecule has 0 saturated carbocycles. The second kappa shape index (κ2) is 9.84. The molecule has 3 aromatic heterocycles. The Labute approximate surface area is 208 Å². The van der Waals surface area contributed by atoms with Gasteiger partial charge < -0.3 is 18.5 Å². The molecule has 0 spiro atoms. The zero-order valence-electron chi connectivity index (χ0n) is 19.8. The summed E-state index contributed by atoms with van der Waals surface area (Å²) >= 11 is 0. The third-order valence-corrected chi connectivity index (χ3v) is 6.29. The van der Waals surface area contributed by atoms with Gasteiger partial charge in [-0.2, -0.15) is 0 Å². The van der Waals surface area contributed by atoms with Crippen LogP contribution in [0.5, 0.6) is 11.5 Å². The first kappa shape index (κ1) is 23.6. The third kappa shape index (κ3) is 4.10. The second-order valence-corrected chi connectivity index (χ2v) is 8.69. The van der Waals surface area contributed by atoms with Crippen molar-refractivity contribution in [3.63, 3.8) is 0 Å². The Balaban J connectivity index is 1.83. The minimum atomic E-state index is -2.87. The second-order valence-electron chi connectivity index (χ2n) is 7.86. The van der Waals surface area contributed by atoms with E-state index in [-0.39, 0.29) is 6.54 Å². The number of hydrogen-bond acceptors (Lipinski definition) is 8. The molecule has 0 bridgehead atoms. The van der Waals surface area contributed by atoms with Crippen LogP contribution in [0.1, 0.15) is 17.7 Å². The highest BCUT2D eigenvalue weighted by Crippen LogP contribution is 2.38. The van der Waals surface area contributed by atoms with Gasteiger partial charge in [-0.15, -0.1) is 10.2 Å². The molecule has 5 aromatic rings. The number of para-hydroxylation sites is 3. The first-order chi connectivity index (χ1) is 17.5. The summed E-state index contributed by atoms with van der Waals surface area (Å²) in [5.74, 6) is 3.01. The maximum Gasteiger partial charge on any atom is 0.204 e. The van der Waals surface area contributed by atoms with E-state index in [2.05, 4.69) is 19.9 Å². The molecule has 36 heavy (non-hydrogen) atoms. The molecule has 1 unspecified atom stereocenters. The minimum absolute atomic E-state index is 0.00759. The van der Waals surface area contributed by atoms with Gasteiger partial charge in [0.2, 0.25) is 16.7 Å². The van der Waals surface area contributed by atoms with E-state index in [0.717, 1.165) is 11.0 Å². The van der Waals surface area contributed by atoms with Gasteiger partial charge in [-0.1, -0.05) is 18.2 Å². The highest BCUT2D eigenvalue weighted by molar-refractivity contribution is 7.70. The van der Waals surface area contributed by atoms with Crippen LogP contribution >= 0.6 is 0 Å². The summed E-state index contributed by atoms with van der Waals surface area (Å²) in [5.41, 5.74) is 2.15. The SMILES string of the molecule is COc1cccc(OC)c1-n1c(-c2ccco2)nnc1C(CN[SH](=O)=O)n1c(C)nc2ccccc21. The predicted molar refractivity (Wildman–Crippen MR) is 133 cm³/mol. The number of imidazole rings is 1. The molecule has 186 valence electrons. The van der Waals surface area contributed by atoms with E-state index in [1.807, 2.05) is 41.8 Å². The number of aryl methyl sites for hydroxylation is 1. The van der Waals surface area contributed by atoms with Gasteiger partial charge in [0, 0.05) is 6.54 Å². The quantitative estimate of drug-likeness (QED) is 0.291. The largest absolute Gasteiger partial charge is 0.494 e. The van der Waals surface area contributed by atoms with Gasteiger partial charge in [0.1, 0.15) is 29.1 Å². The van der Waals surface area contributed by atoms with Gasteiger partial charge in [-0.05, 0) is 43.3 Å². The number of methoxy groups -OCH3 is 2. The Morgan fingerprint density at radius 1 is 1.00 bits per heavy atom. The van der Waals surface area contributed by atoms with E-state index >= 15 is 0 Å². The molecular weight excluding hydrogens is 484 g/mol. The van der Waals surface area contributed by atoms with Crippen LogP contribution in [0.2, 0.25) is 0 Å². The zero-order chi connectivity index (χ0) is 25.2. The number of aromatic nitrogens is 5. The maximum absolute atomic E-state index is 11.6. The lowest BCUT2D eigenvalue weighted by atomic mass is 10.2. The average Bonchev–Trinajstić information content (AvgIpc) is 3.62. The lowest BCUT2D eigenvalue weighted by Gasteiger charge is -2.23. The number of thiol groups is 1. The van der Waals surface area contributed by atoms with E-state index in [9.17, 15) is 8.42 Å². The number of nitrogens with zero attached hydrogens (tertiary/aromatic N) is 5. The first-order valence-corrected chi connectivity index (χ1v) is 12.2. The summed E-state index contributed by atoms with van der Waals surface area (Å²) in [5, 5.41) is 8.99. The Morgan fingerprint density at radius 3 is 2.42 bits per heavy atom. The Morgan fingerprint density at radius 2 is 1.75 bits per heavy atom. The monoisotopic (exact) mass is 508 g/mol. The fourth-order valence-corrected chi connectivity index (χ4v) is 4.69. The number of rotatable bonds is 9. The highest BCUT2D eigenvalue weighted by Gasteiger charge is 2.30. The summed E-state index contributed by atoms with van der Waals surface area (Å²) < 4.78 is 46.5. The van der Waals surface area contributed by atoms with E-state index in [0.29, 0.717) is 40.4 Å². The minimum Gasteiger partial charge on any atom is -0.494 e. The Hall–Kier alpha value is -4.16. The molecule has 0 amide bonds. The lowest BCUT2D eigenvalue weighted by molar-refractivity contribution is 0.389. The molecule has 0 radical (unpaired) electrons. The van der Waals surface area contributed by atoms with Crippen LogP contribution in [0.15, 0.2) is 65.3 Å². The third-order valence-electron chi connectivity index (χ3n) is 5.85. The first-order valence-electron chi connectivity index (χ1n) is 11.1. The number of hydrogen-bond donors (Lipinski definition) is 2. The summed E-state index contributed by atoms with van der Waals surface area (Å²) in [6, 6.07) is 15.9. The molecule has 12 heteroatoms. The van der Waals surface area contributed by atoms with Gasteiger partial charge in [0.25, 0.3) is 0 Å². The van der Waals surface area contributed by atoms with Gasteiger partial charge in [-0.3, -0.25) is 4.57 Å². The average molecular weight is 509 g/mol. The normalized spacial score (nSPS) is 12.3. The number of furan rings is 1. The highest BCUT2D eigenvalue weighted by atomic mass is 32.2. The number of fused-ring (bicyclic) bond motifs is 1. The van der Waals surface area contributed by atoms with Gasteiger partial charge in [0.15, 0.2) is 11.6 Å². The molecule has 11 nitrogen and oxygen atoms in total. The van der Waals surface area contributed by atoms with Gasteiger partial charge in [0.05, 0.1) is 31.5 Å². The Bertz CT molecular complexity index is 1560. The lowest BCUT2D eigenvalue weighted by Crippen LogP contribution is -2.28. The number of benzene rings is 2. The van der Waals surface area contributed by atoms with E-state index in [4.69, 9.17) is 13.9 Å². The van der Waals surface area contributed by atoms with Gasteiger partial charge in [-0.25, -0.2) is 18.1 Å². The number of ether oxygens (including phenoxy) is 2. The molecule has 0 saturated heterocycles. The van der Waals surface area contributed by atoms with Crippen molar-refractivity contribution in [1.29, 1.82) is 0 Å². The molecule has 0 fully saturated rings. The van der Waals surface area contributed by atoms with Crippen molar-refractivity contribution in [3.05, 3.63) is 72.5 Å². The van der Waals surface area contributed by atoms with Crippen molar-refractivity contribution < 1.29 is 22.3 Å². The van der Waals surface area contributed by atoms with E-state index < -0.39 is 16.9 Å². The van der Waals surface area contributed by atoms with Crippen LogP contribution in [-0.4, -0.2) is 53.5 Å². The summed E-state index contributed by atoms with van der Waals surface area (Å²) in [4.78, 5) is 4.67. The van der Waals surface area contributed by atoms with E-state index in [1.165, 1.54) is 0 Å². The fourth-order valence-electron chi connectivity index (χ4n) is 4.37. The van der Waals surface area contributed by atoms with Crippen LogP contribution in [-0.2, 0) is 10.9 Å². The van der Waals surface area contributed by atoms with E-state index in [1.54, 1.807) is 49.3 Å². The molecule has 0 aliphatic heterocycles. The zero-order valence-corrected chi connectivity index (χ0v) is 20.7. The summed E-state index contributed by atoms with van der Waals surface area (Å²) in [7, 11) is 0.245. The van der Waals surface area contributed by atoms with Crippen LogP contribution < -0.4 is 14.2 Å². The Kier molecular flexibility index (Phi) is 6.44. The standard InChI is InChI=1S/C24H24N6O5S/c1-15-26-16-8-4-5-9-17(16)29(15)18(14-25-36(31)32)23-27-28-24(21-12-7-13-35-21)30(23)22-19(33-2)10-6-11-20(22)34-3/h4-13,18,36H,14H2,1-3H3,(H,25,31,32). The predicted octanol–water partition coefficient (Wildman–Crippen LogP) is 2.91. The van der Waals surface area contributed by atoms with Crippen molar-refractivity contribution in [2.24, 2.45) is 0 Å². The molecule has 0 aliphatic carbocycles. The molecule has 3 heterocycles. The van der Waals surface area contributed by atoms with Crippen molar-refractivity contribution in [1.82, 2.24) is 29.0 Å². The summed E-state index contributed by atoms with van der Waals surface area (Å²) in [6.07, 6.45) is 1.54. The van der Waals surface area contributed by atoms with Crippen molar-refractivity contribution in [2.75, 3.05) is 20.8 Å². The van der Waals surface area contributed by atoms with Crippen LogP contribution in [0.3, 0.4) is 0 Å². The van der Waals surface area contributed by atoms with Crippen molar-refractivity contribution >= 4 is 21.9 Å². The van der Waals surface area contributed by atoms with Crippen LogP contribution in [0, 0.1) is 6.92 Å². The van der Waals surface area contributed by atoms with Gasteiger partial charge >= 0.3 is 0 Å². The van der Waals surface area contributed by atoms with Crippen LogP contribution in [0.25, 0.3) is 28.3 Å². The maximum atomic E-state index is 11.6. The van der Waals surface area contributed by atoms with Crippen molar-refractivity contribution in [3.8, 4) is 28.8 Å². The fraction of sp³-hybridized carbons (Fsp3) is 0.208. The van der Waals surface area contributed by atoms with Crippen LogP contribution in [0.4, 0.5) is 0 Å². The molecule has 5 rings (SSSR count). The molecular formula is C24H24N6O5S. The number of nitrogens with one attached hydrogen (secondary N) is 1. The molecule has 2 aromatic carbocycles. The molecule has 0 aliphatic rings.